The first-order valence-electron chi connectivity index (χ1n) is 18.1. The van der Waals surface area contributed by atoms with Crippen LogP contribution in [0, 0.1) is 32.9 Å². The van der Waals surface area contributed by atoms with Crippen LogP contribution >= 0.6 is 0 Å². The Labute approximate surface area is 322 Å². The SMILES string of the molecule is CCCc1ccnc(-n2c3[c-]c(Oc4[c-]c(-n5nc(C)c(-c6c(C)cccc6C)c5C(C)(C)C)cc(C(C)(C)C)c4)ccc3c3ccccc32)c1.[Pd+2]. The molecule has 0 unspecified atom stereocenters. The van der Waals surface area contributed by atoms with Crippen molar-refractivity contribution >= 4 is 21.8 Å². The van der Waals surface area contributed by atoms with Crippen LogP contribution < -0.4 is 4.74 Å². The maximum atomic E-state index is 6.73. The number of hydrogen-bond donors (Lipinski definition) is 0. The summed E-state index contributed by atoms with van der Waals surface area (Å²) < 4.78 is 11.0. The third-order valence-electron chi connectivity index (χ3n) is 9.78. The molecule has 0 N–H and O–H groups in total. The summed E-state index contributed by atoms with van der Waals surface area (Å²) in [6.07, 6.45) is 3.99. The fourth-order valence-corrected chi connectivity index (χ4v) is 7.35. The zero-order chi connectivity index (χ0) is 36.2. The topological polar surface area (TPSA) is 44.9 Å². The van der Waals surface area contributed by atoms with Crippen molar-refractivity contribution < 1.29 is 25.2 Å². The first-order valence-corrected chi connectivity index (χ1v) is 18.1. The Balaban J connectivity index is 0.00000464. The van der Waals surface area contributed by atoms with Gasteiger partial charge in [-0.15, -0.1) is 41.3 Å². The molecule has 0 amide bonds. The van der Waals surface area contributed by atoms with E-state index in [1.807, 2.05) is 12.3 Å². The number of para-hydroxylation sites is 1. The Hall–Kier alpha value is -4.50. The summed E-state index contributed by atoms with van der Waals surface area (Å²) in [4.78, 5) is 4.82. The van der Waals surface area contributed by atoms with E-state index in [2.05, 4.69) is 163 Å². The fourth-order valence-electron chi connectivity index (χ4n) is 7.35. The van der Waals surface area contributed by atoms with Gasteiger partial charge in [-0.1, -0.05) is 96.8 Å². The second kappa shape index (κ2) is 14.1. The molecule has 268 valence electrons. The minimum Gasteiger partial charge on any atom is -0.509 e. The predicted octanol–water partition coefficient (Wildman–Crippen LogP) is 11.9. The first-order chi connectivity index (χ1) is 24.2. The summed E-state index contributed by atoms with van der Waals surface area (Å²) in [6, 6.07) is 35.0. The third kappa shape index (κ3) is 6.87. The smallest absolute Gasteiger partial charge is 0.509 e. The van der Waals surface area contributed by atoms with Gasteiger partial charge in [-0.2, -0.15) is 11.2 Å². The minimum atomic E-state index is -0.202. The predicted molar refractivity (Wildman–Crippen MR) is 211 cm³/mol. The molecule has 3 aromatic heterocycles. The van der Waals surface area contributed by atoms with Crippen LogP contribution in [0.4, 0.5) is 0 Å². The van der Waals surface area contributed by atoms with E-state index < -0.39 is 0 Å². The number of hydrogen-bond acceptors (Lipinski definition) is 3. The number of pyridine rings is 1. The first kappa shape index (κ1) is 37.3. The molecule has 52 heavy (non-hydrogen) atoms. The minimum absolute atomic E-state index is 0. The van der Waals surface area contributed by atoms with Crippen molar-refractivity contribution in [2.75, 3.05) is 0 Å². The van der Waals surface area contributed by atoms with Crippen LogP contribution in [-0.2, 0) is 37.7 Å². The summed E-state index contributed by atoms with van der Waals surface area (Å²) in [5, 5.41) is 7.48. The van der Waals surface area contributed by atoms with Crippen molar-refractivity contribution in [1.82, 2.24) is 19.3 Å². The number of nitrogens with zero attached hydrogens (tertiary/aromatic N) is 4. The Morgan fingerprint density at radius 3 is 2.15 bits per heavy atom. The van der Waals surface area contributed by atoms with Crippen LogP contribution in [0.5, 0.6) is 11.5 Å². The Bertz CT molecular complexity index is 2400. The van der Waals surface area contributed by atoms with Crippen LogP contribution in [0.15, 0.2) is 85.1 Å². The molecule has 0 bridgehead atoms. The molecule has 0 aliphatic rings. The number of aryl methyl sites for hydroxylation is 4. The van der Waals surface area contributed by atoms with E-state index in [1.54, 1.807) is 0 Å². The molecule has 0 aliphatic heterocycles. The zero-order valence-electron chi connectivity index (χ0n) is 32.0. The van der Waals surface area contributed by atoms with Gasteiger partial charge in [0.1, 0.15) is 5.82 Å². The average molecular weight is 779 g/mol. The number of benzene rings is 4. The van der Waals surface area contributed by atoms with Crippen molar-refractivity contribution in [3.8, 4) is 34.1 Å². The van der Waals surface area contributed by atoms with Crippen molar-refractivity contribution in [3.63, 3.8) is 0 Å². The van der Waals surface area contributed by atoms with Crippen LogP contribution in [-0.4, -0.2) is 19.3 Å². The molecule has 0 aliphatic carbocycles. The van der Waals surface area contributed by atoms with Crippen molar-refractivity contribution in [2.24, 2.45) is 0 Å². The molecule has 0 atom stereocenters. The molecule has 0 fully saturated rings. The number of fused-ring (bicyclic) bond motifs is 3. The van der Waals surface area contributed by atoms with Crippen molar-refractivity contribution in [2.45, 2.75) is 92.9 Å². The van der Waals surface area contributed by atoms with E-state index in [4.69, 9.17) is 14.8 Å². The van der Waals surface area contributed by atoms with Crippen LogP contribution in [0.2, 0.25) is 0 Å². The van der Waals surface area contributed by atoms with E-state index in [0.717, 1.165) is 63.1 Å². The Kier molecular flexibility index (Phi) is 10.1. The molecule has 7 rings (SSSR count). The molecule has 3 heterocycles. The molecule has 0 saturated carbocycles. The molecule has 0 saturated heterocycles. The summed E-state index contributed by atoms with van der Waals surface area (Å²) in [6.45, 7) is 22.2. The largest absolute Gasteiger partial charge is 2.00 e. The summed E-state index contributed by atoms with van der Waals surface area (Å²) in [5.74, 6) is 2.13. The van der Waals surface area contributed by atoms with Gasteiger partial charge in [-0.3, -0.25) is 4.68 Å². The van der Waals surface area contributed by atoms with Crippen molar-refractivity contribution in [3.05, 3.63) is 131 Å². The van der Waals surface area contributed by atoms with E-state index in [-0.39, 0.29) is 31.3 Å². The Morgan fingerprint density at radius 1 is 0.731 bits per heavy atom. The molecule has 7 aromatic rings. The van der Waals surface area contributed by atoms with Gasteiger partial charge in [-0.25, -0.2) is 4.98 Å². The summed E-state index contributed by atoms with van der Waals surface area (Å²) in [7, 11) is 0. The van der Waals surface area contributed by atoms with Crippen LogP contribution in [0.3, 0.4) is 0 Å². The van der Waals surface area contributed by atoms with Gasteiger partial charge in [0.05, 0.1) is 11.4 Å². The quantitative estimate of drug-likeness (QED) is 0.120. The van der Waals surface area contributed by atoms with Gasteiger partial charge >= 0.3 is 20.4 Å². The molecule has 4 aromatic carbocycles. The molecule has 0 spiro atoms. The van der Waals surface area contributed by atoms with Gasteiger partial charge in [0.15, 0.2) is 0 Å². The second-order valence-electron chi connectivity index (χ2n) is 15.9. The molecular weight excluding hydrogens is 731 g/mol. The van der Waals surface area contributed by atoms with Gasteiger partial charge in [0, 0.05) is 34.2 Å². The van der Waals surface area contributed by atoms with Crippen molar-refractivity contribution in [1.29, 1.82) is 0 Å². The van der Waals surface area contributed by atoms with Gasteiger partial charge < -0.3 is 9.30 Å². The Morgan fingerprint density at radius 2 is 1.46 bits per heavy atom. The standard InChI is InChI=1S/C46H48N4O.Pd/c1-11-15-32-22-23-47-41(24-32)49-39-19-13-12-18-37(39)38-21-20-35(28-40(38)49)51-36-26-33(45(5,6)7)25-34(27-36)50-44(46(8,9)10)43(31(4)48-50)42-29(2)16-14-17-30(42)3;/h12-14,16-26H,11,15H2,1-10H3;/q-2;+2. The van der Waals surface area contributed by atoms with Gasteiger partial charge in [0.25, 0.3) is 0 Å². The summed E-state index contributed by atoms with van der Waals surface area (Å²) >= 11 is 0. The zero-order valence-corrected chi connectivity index (χ0v) is 33.6. The number of ether oxygens (including phenoxy) is 1. The van der Waals surface area contributed by atoms with Crippen LogP contribution in [0.25, 0.3) is 44.4 Å². The van der Waals surface area contributed by atoms with E-state index in [1.165, 1.54) is 27.8 Å². The number of rotatable bonds is 7. The monoisotopic (exact) mass is 778 g/mol. The maximum Gasteiger partial charge on any atom is 2.00 e. The van der Waals surface area contributed by atoms with Crippen LogP contribution in [0.1, 0.15) is 88.5 Å². The summed E-state index contributed by atoms with van der Waals surface area (Å²) in [5.41, 5.74) is 12.0. The van der Waals surface area contributed by atoms with E-state index in [0.29, 0.717) is 11.5 Å². The van der Waals surface area contributed by atoms with E-state index in [9.17, 15) is 0 Å². The average Bonchev–Trinajstić information content (AvgIpc) is 3.59. The molecule has 6 heteroatoms. The fraction of sp³-hybridized carbons (Fsp3) is 0.304. The molecule has 5 nitrogen and oxygen atoms in total. The van der Waals surface area contributed by atoms with Gasteiger partial charge in [-0.05, 0) is 84.1 Å². The normalized spacial score (nSPS) is 12.0. The molecule has 0 radical (unpaired) electrons. The third-order valence-corrected chi connectivity index (χ3v) is 9.78. The van der Waals surface area contributed by atoms with Gasteiger partial charge in [0.2, 0.25) is 0 Å². The number of aromatic nitrogens is 4. The van der Waals surface area contributed by atoms with E-state index >= 15 is 0 Å². The maximum absolute atomic E-state index is 6.73. The second-order valence-corrected chi connectivity index (χ2v) is 15.9. The molecular formula is C46H48N4OPd.